The van der Waals surface area contributed by atoms with Gasteiger partial charge in [-0.15, -0.1) is 0 Å². The Balaban J connectivity index is 2.05. The monoisotopic (exact) mass is 359 g/mol. The molecule has 0 saturated carbocycles. The average molecular weight is 359 g/mol. The summed E-state index contributed by atoms with van der Waals surface area (Å²) in [5, 5.41) is 4.25. The Bertz CT molecular complexity index is 987. The maximum Gasteiger partial charge on any atom is 0.257 e. The molecule has 0 amide bonds. The van der Waals surface area contributed by atoms with Gasteiger partial charge in [-0.2, -0.15) is 19.6 Å². The maximum absolute atomic E-state index is 14.8. The van der Waals surface area contributed by atoms with Crippen molar-refractivity contribution < 1.29 is 13.5 Å². The highest BCUT2D eigenvalue weighted by atomic mass is 19.1. The number of hydrogen-bond donors (Lipinski definition) is 0. The number of benzene rings is 1. The third-order valence-electron chi connectivity index (χ3n) is 4.80. The van der Waals surface area contributed by atoms with Gasteiger partial charge >= 0.3 is 0 Å². The molecule has 8 heteroatoms. The summed E-state index contributed by atoms with van der Waals surface area (Å²) >= 11 is 0. The summed E-state index contributed by atoms with van der Waals surface area (Å²) in [5.41, 5.74) is 0.733. The van der Waals surface area contributed by atoms with Crippen molar-refractivity contribution in [3.8, 4) is 17.0 Å². The van der Waals surface area contributed by atoms with E-state index >= 15 is 0 Å². The molecule has 3 aromatic rings. The van der Waals surface area contributed by atoms with Crippen LogP contribution in [0.4, 0.5) is 14.6 Å². The molecule has 2 aromatic heterocycles. The number of aryl methyl sites for hydroxylation is 1. The van der Waals surface area contributed by atoms with Gasteiger partial charge in [0, 0.05) is 18.7 Å². The number of aromatic nitrogens is 4. The van der Waals surface area contributed by atoms with Gasteiger partial charge in [-0.3, -0.25) is 0 Å². The molecule has 1 saturated heterocycles. The zero-order valence-electron chi connectivity index (χ0n) is 14.8. The van der Waals surface area contributed by atoms with E-state index in [-0.39, 0.29) is 17.0 Å². The van der Waals surface area contributed by atoms with E-state index in [9.17, 15) is 8.78 Å². The van der Waals surface area contributed by atoms with Crippen LogP contribution in [0.3, 0.4) is 0 Å². The Morgan fingerprint density at radius 2 is 2.04 bits per heavy atom. The summed E-state index contributed by atoms with van der Waals surface area (Å²) in [7, 11) is 1.46. The number of halogens is 2. The number of ether oxygens (including phenoxy) is 1. The minimum Gasteiger partial charge on any atom is -0.480 e. The molecular weight excluding hydrogens is 340 g/mol. The van der Waals surface area contributed by atoms with Gasteiger partial charge < -0.3 is 9.64 Å². The summed E-state index contributed by atoms with van der Waals surface area (Å²) in [5.74, 6) is 0.645. The molecule has 1 aliphatic rings. The van der Waals surface area contributed by atoms with E-state index in [0.717, 1.165) is 19.5 Å². The minimum absolute atomic E-state index is 0.101. The van der Waals surface area contributed by atoms with Crippen molar-refractivity contribution in [3.05, 3.63) is 35.7 Å². The number of rotatable bonds is 3. The summed E-state index contributed by atoms with van der Waals surface area (Å²) in [6, 6.07) is 2.38. The molecule has 26 heavy (non-hydrogen) atoms. The van der Waals surface area contributed by atoms with Crippen molar-refractivity contribution >= 4 is 11.6 Å². The number of nitrogens with zero attached hydrogens (tertiary/aromatic N) is 5. The van der Waals surface area contributed by atoms with Gasteiger partial charge in [-0.05, 0) is 37.0 Å². The molecule has 0 radical (unpaired) electrons. The summed E-state index contributed by atoms with van der Waals surface area (Å²) in [4.78, 5) is 10.6. The fraction of sp³-hybridized carbons (Fsp3) is 0.389. The smallest absolute Gasteiger partial charge is 0.257 e. The molecule has 1 atom stereocenters. The van der Waals surface area contributed by atoms with Gasteiger partial charge in [0.2, 0.25) is 5.88 Å². The number of anilines is 1. The first-order valence-corrected chi connectivity index (χ1v) is 8.48. The van der Waals surface area contributed by atoms with Crippen LogP contribution in [0.2, 0.25) is 0 Å². The molecular formula is C18H19F2N5O. The molecule has 1 fully saturated rings. The standard InChI is InChI=1S/C18H19F2N5O/c1-10-4-5-24(8-10)17-15(12-7-13(19)11(2)6-14(12)20)16(26-3)23-18-21-9-22-25(17)18/h6-7,9-10H,4-5,8H2,1-3H3. The van der Waals surface area contributed by atoms with Gasteiger partial charge in [-0.1, -0.05) is 6.92 Å². The second-order valence-electron chi connectivity index (χ2n) is 6.71. The van der Waals surface area contributed by atoms with Crippen LogP contribution in [-0.2, 0) is 0 Å². The number of hydrogen-bond acceptors (Lipinski definition) is 5. The lowest BCUT2D eigenvalue weighted by molar-refractivity contribution is 0.399. The van der Waals surface area contributed by atoms with Gasteiger partial charge in [-0.25, -0.2) is 8.78 Å². The lowest BCUT2D eigenvalue weighted by Gasteiger charge is -2.23. The van der Waals surface area contributed by atoms with Gasteiger partial charge in [0.05, 0.1) is 12.7 Å². The van der Waals surface area contributed by atoms with E-state index in [1.165, 1.54) is 32.5 Å². The molecule has 0 aliphatic carbocycles. The van der Waals surface area contributed by atoms with Gasteiger partial charge in [0.25, 0.3) is 5.78 Å². The SMILES string of the molecule is COc1nc2ncnn2c(N2CCC(C)C2)c1-c1cc(F)c(C)cc1F. The molecule has 0 N–H and O–H groups in total. The molecule has 0 spiro atoms. The highest BCUT2D eigenvalue weighted by Gasteiger charge is 2.29. The van der Waals surface area contributed by atoms with Crippen molar-refractivity contribution in [2.24, 2.45) is 5.92 Å². The quantitative estimate of drug-likeness (QED) is 0.719. The van der Waals surface area contributed by atoms with E-state index < -0.39 is 11.6 Å². The molecule has 3 heterocycles. The summed E-state index contributed by atoms with van der Waals surface area (Å²) in [6.45, 7) is 5.25. The summed E-state index contributed by atoms with van der Waals surface area (Å²) in [6.07, 6.45) is 2.39. The minimum atomic E-state index is -0.531. The Morgan fingerprint density at radius 3 is 2.73 bits per heavy atom. The molecule has 1 aromatic carbocycles. The van der Waals surface area contributed by atoms with Crippen LogP contribution in [0.15, 0.2) is 18.5 Å². The predicted octanol–water partition coefficient (Wildman–Crippen LogP) is 3.23. The highest BCUT2D eigenvalue weighted by molar-refractivity contribution is 5.82. The predicted molar refractivity (Wildman–Crippen MR) is 93.4 cm³/mol. The first-order valence-electron chi connectivity index (χ1n) is 8.48. The highest BCUT2D eigenvalue weighted by Crippen LogP contribution is 2.41. The van der Waals surface area contributed by atoms with Crippen molar-refractivity contribution in [2.75, 3.05) is 25.1 Å². The van der Waals surface area contributed by atoms with Crippen LogP contribution in [-0.4, -0.2) is 39.8 Å². The molecule has 6 nitrogen and oxygen atoms in total. The van der Waals surface area contributed by atoms with Crippen molar-refractivity contribution in [1.29, 1.82) is 0 Å². The second-order valence-corrected chi connectivity index (χ2v) is 6.71. The maximum atomic E-state index is 14.8. The lowest BCUT2D eigenvalue weighted by Crippen LogP contribution is -2.24. The van der Waals surface area contributed by atoms with E-state index in [2.05, 4.69) is 26.9 Å². The van der Waals surface area contributed by atoms with Crippen molar-refractivity contribution in [3.63, 3.8) is 0 Å². The van der Waals surface area contributed by atoms with E-state index in [1.54, 1.807) is 4.52 Å². The largest absolute Gasteiger partial charge is 0.480 e. The van der Waals surface area contributed by atoms with Gasteiger partial charge in [0.1, 0.15) is 23.8 Å². The molecule has 4 rings (SSSR count). The molecule has 136 valence electrons. The second kappa shape index (κ2) is 6.19. The third kappa shape index (κ3) is 2.56. The zero-order chi connectivity index (χ0) is 18.4. The van der Waals surface area contributed by atoms with Gasteiger partial charge in [0.15, 0.2) is 0 Å². The number of methoxy groups -OCH3 is 1. The summed E-state index contributed by atoms with van der Waals surface area (Å²) < 4.78 is 36.0. The Morgan fingerprint density at radius 1 is 1.23 bits per heavy atom. The molecule has 1 unspecified atom stereocenters. The molecule has 0 bridgehead atoms. The van der Waals surface area contributed by atoms with E-state index in [1.807, 2.05) is 0 Å². The topological polar surface area (TPSA) is 55.6 Å². The Kier molecular flexibility index (Phi) is 3.97. The number of fused-ring (bicyclic) bond motifs is 1. The van der Waals surface area contributed by atoms with Crippen LogP contribution in [0.1, 0.15) is 18.9 Å². The van der Waals surface area contributed by atoms with Crippen LogP contribution in [0.5, 0.6) is 5.88 Å². The fourth-order valence-electron chi connectivity index (χ4n) is 3.45. The average Bonchev–Trinajstić information content (AvgIpc) is 3.25. The lowest BCUT2D eigenvalue weighted by atomic mass is 10.0. The van der Waals surface area contributed by atoms with E-state index in [4.69, 9.17) is 4.74 Å². The third-order valence-corrected chi connectivity index (χ3v) is 4.80. The van der Waals surface area contributed by atoms with Crippen LogP contribution in [0.25, 0.3) is 16.9 Å². The Labute approximate surface area is 149 Å². The van der Waals surface area contributed by atoms with Crippen LogP contribution >= 0.6 is 0 Å². The zero-order valence-corrected chi connectivity index (χ0v) is 14.8. The molecule has 1 aliphatic heterocycles. The first-order chi connectivity index (χ1) is 12.5. The fourth-order valence-corrected chi connectivity index (χ4v) is 3.45. The van der Waals surface area contributed by atoms with Crippen molar-refractivity contribution in [1.82, 2.24) is 19.6 Å². The van der Waals surface area contributed by atoms with Crippen molar-refractivity contribution in [2.45, 2.75) is 20.3 Å². The Hall–Kier alpha value is -2.77. The van der Waals surface area contributed by atoms with Crippen LogP contribution < -0.4 is 9.64 Å². The first kappa shape index (κ1) is 16.7. The van der Waals surface area contributed by atoms with E-state index in [0.29, 0.717) is 23.1 Å². The normalized spacial score (nSPS) is 17.3. The van der Waals surface area contributed by atoms with Crippen LogP contribution in [0, 0.1) is 24.5 Å².